The molecule has 5 heteroatoms. The molecule has 3 rings (SSSR count). The van der Waals surface area contributed by atoms with Crippen molar-refractivity contribution in [3.8, 4) is 0 Å². The van der Waals surface area contributed by atoms with Gasteiger partial charge in [0, 0.05) is 24.3 Å². The van der Waals surface area contributed by atoms with Gasteiger partial charge in [0.25, 0.3) is 5.91 Å². The van der Waals surface area contributed by atoms with Crippen LogP contribution in [0.25, 0.3) is 0 Å². The smallest absolute Gasteiger partial charge is 0.253 e. The number of rotatable bonds is 3. The third-order valence-electron chi connectivity index (χ3n) is 5.99. The summed E-state index contributed by atoms with van der Waals surface area (Å²) in [6.45, 7) is 5.81. The van der Waals surface area contributed by atoms with Gasteiger partial charge >= 0.3 is 0 Å². The topological polar surface area (TPSA) is 75.4 Å². The first-order valence-electron chi connectivity index (χ1n) is 9.89. The quantitative estimate of drug-likeness (QED) is 0.870. The number of nitrogens with zero attached hydrogens (tertiary/aromatic N) is 1. The number of hydrogen-bond acceptors (Lipinski definition) is 3. The number of anilines is 1. The van der Waals surface area contributed by atoms with Crippen LogP contribution in [0.1, 0.15) is 67.8 Å². The number of likely N-dealkylation sites (tertiary alicyclic amines) is 1. The van der Waals surface area contributed by atoms with Gasteiger partial charge in [0.05, 0.1) is 5.54 Å². The van der Waals surface area contributed by atoms with Crippen molar-refractivity contribution in [2.24, 2.45) is 11.7 Å². The van der Waals surface area contributed by atoms with Crippen molar-refractivity contribution in [2.75, 3.05) is 18.4 Å². The summed E-state index contributed by atoms with van der Waals surface area (Å²) >= 11 is 0. The van der Waals surface area contributed by atoms with Crippen LogP contribution >= 0.6 is 0 Å². The van der Waals surface area contributed by atoms with Gasteiger partial charge in [-0.15, -0.1) is 0 Å². The van der Waals surface area contributed by atoms with E-state index in [-0.39, 0.29) is 11.8 Å². The number of benzene rings is 1. The molecule has 3 N–H and O–H groups in total. The summed E-state index contributed by atoms with van der Waals surface area (Å²) in [6.07, 6.45) is 6.77. The van der Waals surface area contributed by atoms with E-state index in [0.29, 0.717) is 11.5 Å². The number of aryl methyl sites for hydroxylation is 1. The first-order valence-corrected chi connectivity index (χ1v) is 9.89. The minimum atomic E-state index is -0.760. The van der Waals surface area contributed by atoms with E-state index in [1.165, 1.54) is 0 Å². The Labute approximate surface area is 156 Å². The van der Waals surface area contributed by atoms with Crippen LogP contribution in [0.5, 0.6) is 0 Å². The van der Waals surface area contributed by atoms with Gasteiger partial charge in [-0.1, -0.05) is 26.2 Å². The lowest BCUT2D eigenvalue weighted by Gasteiger charge is -2.32. The number of amides is 2. The van der Waals surface area contributed by atoms with Crippen LogP contribution in [0, 0.1) is 12.8 Å². The normalized spacial score (nSPS) is 20.7. The number of carbonyl (C=O) groups is 2. The molecule has 1 saturated heterocycles. The molecule has 1 heterocycles. The largest absolute Gasteiger partial charge is 0.339 e. The first-order chi connectivity index (χ1) is 12.4. The molecular weight excluding hydrogens is 326 g/mol. The number of carbonyl (C=O) groups excluding carboxylic acids is 2. The second kappa shape index (κ2) is 7.78. The molecule has 0 aromatic heterocycles. The Balaban J connectivity index is 1.67. The van der Waals surface area contributed by atoms with Gasteiger partial charge in [0.1, 0.15) is 0 Å². The monoisotopic (exact) mass is 357 g/mol. The predicted octanol–water partition coefficient (Wildman–Crippen LogP) is 3.47. The predicted molar refractivity (Wildman–Crippen MR) is 104 cm³/mol. The average molecular weight is 357 g/mol. The van der Waals surface area contributed by atoms with Gasteiger partial charge in [-0.2, -0.15) is 0 Å². The molecule has 1 aromatic rings. The second-order valence-electron chi connectivity index (χ2n) is 8.18. The van der Waals surface area contributed by atoms with E-state index in [1.54, 1.807) is 0 Å². The van der Waals surface area contributed by atoms with E-state index in [9.17, 15) is 9.59 Å². The minimum Gasteiger partial charge on any atom is -0.339 e. The summed E-state index contributed by atoms with van der Waals surface area (Å²) < 4.78 is 0. The Morgan fingerprint density at radius 3 is 2.42 bits per heavy atom. The van der Waals surface area contributed by atoms with E-state index >= 15 is 0 Å². The SMILES string of the molecule is Cc1cc(C(=O)N2CCC(C)CC2)ccc1NC(=O)C1(N)CCCCC1. The van der Waals surface area contributed by atoms with Crippen LogP contribution in [-0.4, -0.2) is 35.3 Å². The molecule has 1 saturated carbocycles. The van der Waals surface area contributed by atoms with Crippen molar-refractivity contribution in [2.45, 2.75) is 64.3 Å². The zero-order valence-electron chi connectivity index (χ0n) is 16.0. The van der Waals surface area contributed by atoms with Gasteiger partial charge in [0.15, 0.2) is 0 Å². The standard InChI is InChI=1S/C21H31N3O2/c1-15-8-12-24(13-9-15)19(25)17-6-7-18(16(2)14-17)23-20(26)21(22)10-4-3-5-11-21/h6-7,14-15H,3-5,8-13,22H2,1-2H3,(H,23,26). The van der Waals surface area contributed by atoms with Crippen molar-refractivity contribution < 1.29 is 9.59 Å². The summed E-state index contributed by atoms with van der Waals surface area (Å²) in [7, 11) is 0. The van der Waals surface area contributed by atoms with E-state index in [4.69, 9.17) is 5.73 Å². The highest BCUT2D eigenvalue weighted by atomic mass is 16.2. The lowest BCUT2D eigenvalue weighted by Crippen LogP contribution is -2.52. The lowest BCUT2D eigenvalue weighted by atomic mass is 9.82. The summed E-state index contributed by atoms with van der Waals surface area (Å²) in [5.74, 6) is 0.673. The molecule has 0 atom stereocenters. The fourth-order valence-electron chi connectivity index (χ4n) is 3.99. The fraction of sp³-hybridized carbons (Fsp3) is 0.619. The molecule has 0 bridgehead atoms. The van der Waals surface area contributed by atoms with Crippen LogP contribution in [0.15, 0.2) is 18.2 Å². The molecule has 1 aliphatic heterocycles. The van der Waals surface area contributed by atoms with E-state index < -0.39 is 5.54 Å². The molecule has 0 unspecified atom stereocenters. The van der Waals surface area contributed by atoms with Crippen LogP contribution in [0.2, 0.25) is 0 Å². The van der Waals surface area contributed by atoms with Crippen molar-refractivity contribution in [3.05, 3.63) is 29.3 Å². The number of piperidine rings is 1. The van der Waals surface area contributed by atoms with Crippen LogP contribution < -0.4 is 11.1 Å². The average Bonchev–Trinajstić information content (AvgIpc) is 2.64. The van der Waals surface area contributed by atoms with Crippen LogP contribution in [-0.2, 0) is 4.79 Å². The molecule has 1 aromatic carbocycles. The Hall–Kier alpha value is -1.88. The molecule has 2 fully saturated rings. The maximum absolute atomic E-state index is 12.7. The molecule has 2 aliphatic rings. The molecule has 1 aliphatic carbocycles. The number of hydrogen-bond donors (Lipinski definition) is 2. The number of nitrogens with one attached hydrogen (secondary N) is 1. The Morgan fingerprint density at radius 1 is 1.15 bits per heavy atom. The molecule has 142 valence electrons. The lowest BCUT2D eigenvalue weighted by molar-refractivity contribution is -0.122. The molecule has 2 amide bonds. The van der Waals surface area contributed by atoms with Gasteiger partial charge in [-0.25, -0.2) is 0 Å². The maximum atomic E-state index is 12.7. The van der Waals surface area contributed by atoms with E-state index in [1.807, 2.05) is 30.0 Å². The highest BCUT2D eigenvalue weighted by Crippen LogP contribution is 2.28. The zero-order chi connectivity index (χ0) is 18.7. The fourth-order valence-corrected chi connectivity index (χ4v) is 3.99. The number of nitrogens with two attached hydrogens (primary N) is 1. The second-order valence-corrected chi connectivity index (χ2v) is 8.18. The Morgan fingerprint density at radius 2 is 1.81 bits per heavy atom. The van der Waals surface area contributed by atoms with Crippen molar-refractivity contribution in [1.29, 1.82) is 0 Å². The van der Waals surface area contributed by atoms with Gasteiger partial charge in [-0.05, 0) is 62.3 Å². The molecule has 0 spiro atoms. The minimum absolute atomic E-state index is 0.0838. The molecular formula is C21H31N3O2. The van der Waals surface area contributed by atoms with Gasteiger partial charge < -0.3 is 16.0 Å². The van der Waals surface area contributed by atoms with Gasteiger partial charge in [0.2, 0.25) is 5.91 Å². The summed E-state index contributed by atoms with van der Waals surface area (Å²) in [5, 5.41) is 2.98. The zero-order valence-corrected chi connectivity index (χ0v) is 16.0. The summed E-state index contributed by atoms with van der Waals surface area (Å²) in [4.78, 5) is 27.3. The maximum Gasteiger partial charge on any atom is 0.253 e. The molecule has 5 nitrogen and oxygen atoms in total. The van der Waals surface area contributed by atoms with Crippen molar-refractivity contribution in [1.82, 2.24) is 4.90 Å². The third kappa shape index (κ3) is 4.09. The molecule has 0 radical (unpaired) electrons. The van der Waals surface area contributed by atoms with Crippen molar-refractivity contribution >= 4 is 17.5 Å². The molecule has 26 heavy (non-hydrogen) atoms. The van der Waals surface area contributed by atoms with E-state index in [0.717, 1.165) is 69.3 Å². The Kier molecular flexibility index (Phi) is 5.66. The highest BCUT2D eigenvalue weighted by Gasteiger charge is 2.35. The summed E-state index contributed by atoms with van der Waals surface area (Å²) in [6, 6.07) is 5.52. The first kappa shape index (κ1) is 18.9. The highest BCUT2D eigenvalue weighted by molar-refractivity contribution is 6.00. The van der Waals surface area contributed by atoms with Crippen LogP contribution in [0.3, 0.4) is 0 Å². The van der Waals surface area contributed by atoms with Crippen molar-refractivity contribution in [3.63, 3.8) is 0 Å². The van der Waals surface area contributed by atoms with E-state index in [2.05, 4.69) is 12.2 Å². The third-order valence-corrected chi connectivity index (χ3v) is 5.99. The van der Waals surface area contributed by atoms with Crippen LogP contribution in [0.4, 0.5) is 5.69 Å². The summed E-state index contributed by atoms with van der Waals surface area (Å²) in [5.41, 5.74) is 7.89. The Bertz CT molecular complexity index is 672. The van der Waals surface area contributed by atoms with Gasteiger partial charge in [-0.3, -0.25) is 9.59 Å².